The molecular weight excluding hydrogens is 725 g/mol. The Morgan fingerprint density at radius 3 is 2.02 bits per heavy atom. The fraction of sp³-hybridized carbons (Fsp3) is 0.121. The number of benzene rings is 7. The second-order valence-corrected chi connectivity index (χ2v) is 16.1. The van der Waals surface area contributed by atoms with Crippen LogP contribution in [0.2, 0.25) is 0 Å². The van der Waals surface area contributed by atoms with Crippen molar-refractivity contribution in [2.75, 3.05) is 4.90 Å². The van der Waals surface area contributed by atoms with Crippen molar-refractivity contribution in [3.05, 3.63) is 223 Å². The van der Waals surface area contributed by atoms with E-state index in [1.807, 2.05) is 6.20 Å². The van der Waals surface area contributed by atoms with E-state index < -0.39 is 0 Å². The third-order valence-corrected chi connectivity index (χ3v) is 12.9. The van der Waals surface area contributed by atoms with Crippen molar-refractivity contribution in [2.45, 2.75) is 44.6 Å². The highest BCUT2D eigenvalue weighted by Gasteiger charge is 2.41. The molecule has 1 unspecified atom stereocenters. The maximum absolute atomic E-state index is 4.96. The van der Waals surface area contributed by atoms with Crippen LogP contribution in [0.5, 0.6) is 0 Å². The molecule has 1 heterocycles. The standard InChI is InChI=1S/C58H48N2/c1-3-58(4-2)54-39-42(31-35-51(54)52-36-34-48(40-55(52)58)60(46-20-10-6-11-21-46)47-22-12-7-13-23-47)28-27-41-29-32-45(33-30-41)56-49(43-17-8-5-9-18-43)25-16-26-53(56)57-50-24-15-14-19-44(50)37-38-59-57/h5-22,24-40,47H,3-4,23H2,1-2H3/b28-27+. The molecule has 0 saturated heterocycles. The van der Waals surface area contributed by atoms with Gasteiger partial charge >= 0.3 is 0 Å². The molecule has 10 rings (SSSR count). The monoisotopic (exact) mass is 772 g/mol. The zero-order chi connectivity index (χ0) is 40.5. The Hall–Kier alpha value is -7.03. The van der Waals surface area contributed by atoms with Crippen LogP contribution in [0.4, 0.5) is 11.4 Å². The lowest BCUT2D eigenvalue weighted by atomic mass is 9.73. The highest BCUT2D eigenvalue weighted by Crippen LogP contribution is 2.54. The minimum absolute atomic E-state index is 0.0559. The smallest absolute Gasteiger partial charge is 0.0786 e. The predicted octanol–water partition coefficient (Wildman–Crippen LogP) is 15.5. The molecule has 2 aliphatic carbocycles. The second-order valence-electron chi connectivity index (χ2n) is 16.1. The molecule has 60 heavy (non-hydrogen) atoms. The number of anilines is 2. The fourth-order valence-electron chi connectivity index (χ4n) is 9.85. The average molecular weight is 773 g/mol. The van der Waals surface area contributed by atoms with Gasteiger partial charge in [-0.15, -0.1) is 0 Å². The number of fused-ring (bicyclic) bond motifs is 4. The zero-order valence-corrected chi connectivity index (χ0v) is 34.3. The van der Waals surface area contributed by atoms with Crippen molar-refractivity contribution in [2.24, 2.45) is 0 Å². The number of para-hydroxylation sites is 1. The van der Waals surface area contributed by atoms with E-state index in [4.69, 9.17) is 4.98 Å². The van der Waals surface area contributed by atoms with E-state index in [1.54, 1.807) is 0 Å². The lowest BCUT2D eigenvalue weighted by Gasteiger charge is -2.35. The maximum atomic E-state index is 4.96. The van der Waals surface area contributed by atoms with Gasteiger partial charge in [0, 0.05) is 33.9 Å². The van der Waals surface area contributed by atoms with E-state index in [-0.39, 0.29) is 11.5 Å². The summed E-state index contributed by atoms with van der Waals surface area (Å²) in [5.41, 5.74) is 17.3. The first-order valence-corrected chi connectivity index (χ1v) is 21.4. The first kappa shape index (κ1) is 37.3. The summed E-state index contributed by atoms with van der Waals surface area (Å²) in [7, 11) is 0. The summed E-state index contributed by atoms with van der Waals surface area (Å²) in [6, 6.07) is 62.4. The largest absolute Gasteiger partial charge is 0.334 e. The third kappa shape index (κ3) is 6.59. The van der Waals surface area contributed by atoms with Gasteiger partial charge in [0.25, 0.3) is 0 Å². The Balaban J connectivity index is 0.985. The molecule has 1 aromatic heterocycles. The molecule has 7 aromatic carbocycles. The van der Waals surface area contributed by atoms with E-state index in [0.29, 0.717) is 0 Å². The fourth-order valence-corrected chi connectivity index (χ4v) is 9.85. The number of pyridine rings is 1. The lowest BCUT2D eigenvalue weighted by molar-refractivity contribution is 0.490. The Bertz CT molecular complexity index is 2910. The van der Waals surface area contributed by atoms with Gasteiger partial charge in [0.05, 0.1) is 11.7 Å². The number of hydrogen-bond acceptors (Lipinski definition) is 2. The van der Waals surface area contributed by atoms with Crippen molar-refractivity contribution >= 4 is 34.3 Å². The van der Waals surface area contributed by atoms with Crippen molar-refractivity contribution in [3.63, 3.8) is 0 Å². The number of nitrogens with zero attached hydrogens (tertiary/aromatic N) is 2. The number of aromatic nitrogens is 1. The van der Waals surface area contributed by atoms with E-state index in [9.17, 15) is 0 Å². The highest BCUT2D eigenvalue weighted by atomic mass is 15.2. The summed E-state index contributed by atoms with van der Waals surface area (Å²) in [4.78, 5) is 7.48. The summed E-state index contributed by atoms with van der Waals surface area (Å²) < 4.78 is 0. The van der Waals surface area contributed by atoms with E-state index in [0.717, 1.165) is 35.9 Å². The number of allylic oxidation sites excluding steroid dienone is 2. The molecule has 0 N–H and O–H groups in total. The molecule has 290 valence electrons. The summed E-state index contributed by atoms with van der Waals surface area (Å²) in [6.45, 7) is 4.72. The first-order chi connectivity index (χ1) is 29.6. The quantitative estimate of drug-likeness (QED) is 0.129. The lowest BCUT2D eigenvalue weighted by Crippen LogP contribution is -2.30. The van der Waals surface area contributed by atoms with Gasteiger partial charge in [0.1, 0.15) is 0 Å². The molecule has 0 bridgehead atoms. The Kier molecular flexibility index (Phi) is 9.91. The molecule has 0 fully saturated rings. The molecule has 2 heteroatoms. The molecule has 8 aromatic rings. The van der Waals surface area contributed by atoms with Gasteiger partial charge in [0.15, 0.2) is 0 Å². The Morgan fingerprint density at radius 1 is 0.567 bits per heavy atom. The third-order valence-electron chi connectivity index (χ3n) is 12.9. The summed E-state index contributed by atoms with van der Waals surface area (Å²) in [5.74, 6) is 0. The minimum atomic E-state index is -0.0559. The van der Waals surface area contributed by atoms with Gasteiger partial charge in [-0.1, -0.05) is 190 Å². The van der Waals surface area contributed by atoms with Crippen LogP contribution >= 0.6 is 0 Å². The topological polar surface area (TPSA) is 16.1 Å². The summed E-state index contributed by atoms with van der Waals surface area (Å²) >= 11 is 0. The van der Waals surface area contributed by atoms with Crippen LogP contribution < -0.4 is 4.90 Å². The first-order valence-electron chi connectivity index (χ1n) is 21.4. The number of rotatable bonds is 10. The van der Waals surface area contributed by atoms with Crippen LogP contribution in [-0.4, -0.2) is 11.0 Å². The Morgan fingerprint density at radius 2 is 1.25 bits per heavy atom. The van der Waals surface area contributed by atoms with Gasteiger partial charge in [-0.2, -0.15) is 0 Å². The van der Waals surface area contributed by atoms with E-state index in [2.05, 4.69) is 225 Å². The van der Waals surface area contributed by atoms with Crippen molar-refractivity contribution in [3.8, 4) is 44.6 Å². The van der Waals surface area contributed by atoms with Crippen molar-refractivity contribution < 1.29 is 0 Å². The molecule has 0 amide bonds. The second kappa shape index (κ2) is 16.0. The molecular formula is C58H48N2. The molecule has 0 spiro atoms. The Labute approximate surface area is 354 Å². The molecule has 2 nitrogen and oxygen atoms in total. The normalized spacial score (nSPS) is 15.0. The maximum Gasteiger partial charge on any atom is 0.0786 e. The minimum Gasteiger partial charge on any atom is -0.334 e. The van der Waals surface area contributed by atoms with Gasteiger partial charge in [-0.05, 0) is 111 Å². The predicted molar refractivity (Wildman–Crippen MR) is 255 cm³/mol. The summed E-state index contributed by atoms with van der Waals surface area (Å²) in [6.07, 6.45) is 18.5. The molecule has 1 atom stereocenters. The van der Waals surface area contributed by atoms with Crippen LogP contribution in [0.15, 0.2) is 200 Å². The van der Waals surface area contributed by atoms with Gasteiger partial charge in [0.2, 0.25) is 0 Å². The highest BCUT2D eigenvalue weighted by molar-refractivity contribution is 6.02. The van der Waals surface area contributed by atoms with Crippen LogP contribution in [-0.2, 0) is 5.41 Å². The van der Waals surface area contributed by atoms with Gasteiger partial charge < -0.3 is 4.90 Å². The SMILES string of the molecule is CCC1(CC)c2cc(/C=C/c3ccc(-c4c(-c5ccccc5)cccc4-c4nccc5ccccc45)cc3)ccc2-c2ccc(N(c3ccccc3)C3C=CC=CC3)cc21. The van der Waals surface area contributed by atoms with Gasteiger partial charge in [-0.25, -0.2) is 0 Å². The number of hydrogen-bond donors (Lipinski definition) is 0. The van der Waals surface area contributed by atoms with Crippen molar-refractivity contribution in [1.82, 2.24) is 4.98 Å². The molecule has 2 aliphatic rings. The van der Waals surface area contributed by atoms with Crippen LogP contribution in [0.3, 0.4) is 0 Å². The average Bonchev–Trinajstić information content (AvgIpc) is 3.60. The van der Waals surface area contributed by atoms with Crippen LogP contribution in [0, 0.1) is 0 Å². The van der Waals surface area contributed by atoms with E-state index in [1.165, 1.54) is 72.4 Å². The van der Waals surface area contributed by atoms with E-state index >= 15 is 0 Å². The summed E-state index contributed by atoms with van der Waals surface area (Å²) in [5, 5.41) is 2.34. The van der Waals surface area contributed by atoms with Gasteiger partial charge in [-0.3, -0.25) is 4.98 Å². The van der Waals surface area contributed by atoms with Crippen LogP contribution in [0.25, 0.3) is 67.6 Å². The van der Waals surface area contributed by atoms with Crippen LogP contribution in [0.1, 0.15) is 55.4 Å². The zero-order valence-electron chi connectivity index (χ0n) is 34.3. The molecule has 0 radical (unpaired) electrons. The van der Waals surface area contributed by atoms with Crippen molar-refractivity contribution in [1.29, 1.82) is 0 Å². The molecule has 0 saturated carbocycles. The molecule has 0 aliphatic heterocycles.